The second kappa shape index (κ2) is 8.81. The van der Waals surface area contributed by atoms with Crippen LogP contribution in [0.15, 0.2) is 12.7 Å². The highest BCUT2D eigenvalue weighted by Gasteiger charge is 2.81. The first kappa shape index (κ1) is 27.5. The van der Waals surface area contributed by atoms with E-state index in [0.29, 0.717) is 12.8 Å². The molecule has 0 spiro atoms. The van der Waals surface area contributed by atoms with E-state index in [0.717, 1.165) is 0 Å². The summed E-state index contributed by atoms with van der Waals surface area (Å²) in [6, 6.07) is 0. The fourth-order valence-electron chi connectivity index (χ4n) is 6.90. The number of carbonyl (C=O) groups excluding carboxylic acids is 3. The molecule has 3 aliphatic rings. The minimum Gasteiger partial charge on any atom is -0.438 e. The van der Waals surface area contributed by atoms with Crippen molar-refractivity contribution < 1.29 is 44.0 Å². The summed E-state index contributed by atoms with van der Waals surface area (Å²) in [6.07, 6.45) is -3.40. The van der Waals surface area contributed by atoms with Crippen LogP contribution in [0.4, 0.5) is 4.79 Å². The van der Waals surface area contributed by atoms with E-state index in [1.165, 1.54) is 20.0 Å². The first-order chi connectivity index (χ1) is 16.0. The predicted octanol–water partition coefficient (Wildman–Crippen LogP) is 0.361. The molecular weight excluding hydrogens is 460 g/mol. The number of nitrogens with one attached hydrogen (secondary N) is 2. The van der Waals surface area contributed by atoms with Gasteiger partial charge in [0.1, 0.15) is 5.60 Å². The highest BCUT2D eigenvalue weighted by Crippen LogP contribution is 2.67. The predicted molar refractivity (Wildman–Crippen MR) is 123 cm³/mol. The van der Waals surface area contributed by atoms with E-state index in [9.17, 15) is 29.7 Å². The second-order valence-corrected chi connectivity index (χ2v) is 11.3. The van der Waals surface area contributed by atoms with E-state index in [2.05, 4.69) is 16.7 Å². The Labute approximate surface area is 205 Å². The largest absolute Gasteiger partial charge is 0.441 e. The summed E-state index contributed by atoms with van der Waals surface area (Å²) in [5, 5.41) is 37.8. The smallest absolute Gasteiger partial charge is 0.438 e. The van der Waals surface area contributed by atoms with Crippen molar-refractivity contribution in [3.05, 3.63) is 12.7 Å². The van der Waals surface area contributed by atoms with Crippen molar-refractivity contribution in [1.29, 1.82) is 0 Å². The Kier molecular flexibility index (Phi) is 6.93. The molecule has 2 saturated carbocycles. The zero-order valence-corrected chi connectivity index (χ0v) is 21.2. The number of rotatable bonds is 4. The van der Waals surface area contributed by atoms with E-state index in [1.807, 2.05) is 19.3 Å². The van der Waals surface area contributed by atoms with Crippen molar-refractivity contribution in [2.75, 3.05) is 13.6 Å². The van der Waals surface area contributed by atoms with Gasteiger partial charge in [0.25, 0.3) is 0 Å². The van der Waals surface area contributed by atoms with E-state index in [1.54, 1.807) is 13.8 Å². The Balaban J connectivity index is 2.12. The van der Waals surface area contributed by atoms with E-state index in [4.69, 9.17) is 9.47 Å². The van der Waals surface area contributed by atoms with Gasteiger partial charge in [-0.2, -0.15) is 0 Å². The number of amides is 1. The molecular formula is C24H38N2O9. The van der Waals surface area contributed by atoms with Gasteiger partial charge in [-0.3, -0.25) is 4.79 Å². The number of Topliss-reactive ketones (excluding diaryl/α,β-unsaturated/α-hetero) is 1. The number of hydroxylamine groups is 1. The van der Waals surface area contributed by atoms with Crippen LogP contribution in [0.3, 0.4) is 0 Å². The minimum absolute atomic E-state index is 0.175. The molecule has 1 heterocycles. The summed E-state index contributed by atoms with van der Waals surface area (Å²) in [5.41, 5.74) is -5.89. The molecule has 0 aromatic rings. The lowest BCUT2D eigenvalue weighted by Crippen LogP contribution is -2.86. The summed E-state index contributed by atoms with van der Waals surface area (Å²) in [5.74, 6) is -2.26. The Bertz CT molecular complexity index is 909. The first-order valence-electron chi connectivity index (χ1n) is 11.8. The highest BCUT2D eigenvalue weighted by atomic mass is 16.7. The van der Waals surface area contributed by atoms with Crippen molar-refractivity contribution in [1.82, 2.24) is 10.8 Å². The molecule has 3 rings (SSSR count). The third kappa shape index (κ3) is 3.88. The third-order valence-electron chi connectivity index (χ3n) is 8.53. The van der Waals surface area contributed by atoms with Gasteiger partial charge in [-0.1, -0.05) is 26.8 Å². The fraction of sp³-hybridized carbons (Fsp3) is 0.792. The summed E-state index contributed by atoms with van der Waals surface area (Å²) in [6.45, 7) is 11.9. The molecule has 1 amide bonds. The molecule has 0 bridgehead atoms. The van der Waals surface area contributed by atoms with Crippen LogP contribution in [0, 0.1) is 16.7 Å². The zero-order chi connectivity index (χ0) is 26.6. The van der Waals surface area contributed by atoms with E-state index >= 15 is 0 Å². The molecule has 0 unspecified atom stereocenters. The van der Waals surface area contributed by atoms with Crippen LogP contribution in [-0.2, 0) is 23.9 Å². The Morgan fingerprint density at radius 3 is 2.43 bits per heavy atom. The molecule has 35 heavy (non-hydrogen) atoms. The number of aliphatic hydroxyl groups is 3. The lowest BCUT2D eigenvalue weighted by atomic mass is 9.40. The Hall–Kier alpha value is -2.05. The number of aliphatic hydroxyl groups excluding tert-OH is 2. The maximum absolute atomic E-state index is 13.8. The maximum Gasteiger partial charge on any atom is 0.441 e. The molecule has 2 aliphatic carbocycles. The molecule has 0 aromatic heterocycles. The van der Waals surface area contributed by atoms with Crippen LogP contribution < -0.4 is 10.8 Å². The lowest BCUT2D eigenvalue weighted by molar-refractivity contribution is -0.369. The van der Waals surface area contributed by atoms with Crippen LogP contribution in [0.5, 0.6) is 0 Å². The van der Waals surface area contributed by atoms with Crippen molar-refractivity contribution in [3.8, 4) is 0 Å². The van der Waals surface area contributed by atoms with E-state index < -0.39 is 69.7 Å². The van der Waals surface area contributed by atoms with Crippen LogP contribution in [-0.4, -0.2) is 81.9 Å². The summed E-state index contributed by atoms with van der Waals surface area (Å²) in [7, 11) is 1.52. The number of carbonyl (C=O) groups is 3. The molecule has 0 radical (unpaired) electrons. The van der Waals surface area contributed by atoms with Crippen LogP contribution >= 0.6 is 0 Å². The number of hydrogen-bond acceptors (Lipinski definition) is 10. The molecule has 1 aliphatic heterocycles. The molecule has 1 saturated heterocycles. The Morgan fingerprint density at radius 1 is 1.23 bits per heavy atom. The molecule has 8 atom stereocenters. The Morgan fingerprint density at radius 2 is 1.86 bits per heavy atom. The van der Waals surface area contributed by atoms with E-state index in [-0.39, 0.29) is 13.0 Å². The minimum atomic E-state index is -2.34. The SMILES string of the molecule is C=C[C@@]1(C)CC(=O)[C@]2(O)[C@@]3(C)[C@@H](O)CCC(C)(C)[C@@H]3[C@H](O)[C@H](OC(=O)NOC(=O)CNC)[C@@]2(C)O1. The average Bonchev–Trinajstić information content (AvgIpc) is 2.76. The lowest BCUT2D eigenvalue weighted by Gasteiger charge is -2.71. The van der Waals surface area contributed by atoms with Gasteiger partial charge in [0, 0.05) is 17.8 Å². The zero-order valence-electron chi connectivity index (χ0n) is 21.2. The number of ketones is 1. The quantitative estimate of drug-likeness (QED) is 0.270. The van der Waals surface area contributed by atoms with Gasteiger partial charge in [0.2, 0.25) is 0 Å². The summed E-state index contributed by atoms with van der Waals surface area (Å²) in [4.78, 5) is 42.7. The first-order valence-corrected chi connectivity index (χ1v) is 11.8. The molecule has 198 valence electrons. The van der Waals surface area contributed by atoms with Gasteiger partial charge in [0.05, 0.1) is 24.4 Å². The third-order valence-corrected chi connectivity index (χ3v) is 8.53. The van der Waals surface area contributed by atoms with Crippen LogP contribution in [0.2, 0.25) is 0 Å². The monoisotopic (exact) mass is 498 g/mol. The fourth-order valence-corrected chi connectivity index (χ4v) is 6.90. The van der Waals surface area contributed by atoms with Crippen molar-refractivity contribution >= 4 is 17.8 Å². The van der Waals surface area contributed by atoms with Crippen LogP contribution in [0.25, 0.3) is 0 Å². The number of hydrogen-bond donors (Lipinski definition) is 5. The standard InChI is InChI=1S/C24H38N2O9/c1-8-21(4)11-14(28)24(32)22(5)13(27)9-10-20(2,3)17(22)16(30)18(23(24,6)35-21)33-19(31)26-34-15(29)12-25-7/h8,13,16-18,25,27,30,32H,1,9-12H2,2-7H3,(H,26,31)/t13-,16-,17-,18-,21-,22-,23+,24-/m0/s1. The van der Waals surface area contributed by atoms with Gasteiger partial charge in [-0.15, -0.1) is 12.1 Å². The number of fused-ring (bicyclic) bond motifs is 3. The molecule has 3 fully saturated rings. The van der Waals surface area contributed by atoms with Gasteiger partial charge < -0.3 is 34.9 Å². The van der Waals surface area contributed by atoms with Gasteiger partial charge >= 0.3 is 12.1 Å². The number of ether oxygens (including phenoxy) is 2. The van der Waals surface area contributed by atoms with Crippen molar-refractivity contribution in [2.24, 2.45) is 16.7 Å². The average molecular weight is 499 g/mol. The molecule has 11 nitrogen and oxygen atoms in total. The van der Waals surface area contributed by atoms with Gasteiger partial charge in [-0.25, -0.2) is 9.59 Å². The highest BCUT2D eigenvalue weighted by molar-refractivity contribution is 5.92. The maximum atomic E-state index is 13.8. The van der Waals surface area contributed by atoms with Gasteiger partial charge in [0.15, 0.2) is 17.5 Å². The molecule has 11 heteroatoms. The molecule has 5 N–H and O–H groups in total. The summed E-state index contributed by atoms with van der Waals surface area (Å²) < 4.78 is 11.8. The normalized spacial score (nSPS) is 44.4. The van der Waals surface area contributed by atoms with Gasteiger partial charge in [-0.05, 0) is 39.2 Å². The topological polar surface area (TPSA) is 164 Å². The number of likely N-dealkylation sites (N-methyl/N-ethyl adjacent to an activating group) is 1. The van der Waals surface area contributed by atoms with Crippen molar-refractivity contribution in [3.63, 3.8) is 0 Å². The van der Waals surface area contributed by atoms with Crippen LogP contribution in [0.1, 0.15) is 53.9 Å². The second-order valence-electron chi connectivity index (χ2n) is 11.3. The molecule has 0 aromatic carbocycles. The van der Waals surface area contributed by atoms with Crippen molar-refractivity contribution in [2.45, 2.75) is 89.0 Å². The summed E-state index contributed by atoms with van der Waals surface area (Å²) >= 11 is 0.